The highest BCUT2D eigenvalue weighted by Crippen LogP contribution is 2.19. The first kappa shape index (κ1) is 18.2. The number of aromatic nitrogens is 4. The summed E-state index contributed by atoms with van der Waals surface area (Å²) in [5.74, 6) is -0.459. The van der Waals surface area contributed by atoms with Crippen molar-refractivity contribution in [3.63, 3.8) is 0 Å². The predicted octanol–water partition coefficient (Wildman–Crippen LogP) is 1.34. The topological polar surface area (TPSA) is 119 Å². The summed E-state index contributed by atoms with van der Waals surface area (Å²) in [5, 5.41) is 15.4. The van der Waals surface area contributed by atoms with Crippen LogP contribution in [0.2, 0.25) is 0 Å². The van der Waals surface area contributed by atoms with Crippen LogP contribution in [0.5, 0.6) is 0 Å². The van der Waals surface area contributed by atoms with Gasteiger partial charge in [-0.2, -0.15) is 4.72 Å². The Morgan fingerprint density at radius 3 is 2.73 bits per heavy atom. The normalized spacial score (nSPS) is 12.7. The maximum absolute atomic E-state index is 12.3. The number of nitrogens with one attached hydrogen (secondary N) is 2. The summed E-state index contributed by atoms with van der Waals surface area (Å²) < 4.78 is 28.4. The first-order chi connectivity index (χ1) is 12.4. The molecular weight excluding hydrogens is 376 g/mol. The molecule has 3 aromatic rings. The molecule has 2 aromatic heterocycles. The molecule has 0 spiro atoms. The molecule has 0 saturated heterocycles. The highest BCUT2D eigenvalue weighted by molar-refractivity contribution is 7.91. The van der Waals surface area contributed by atoms with Crippen LogP contribution in [0.1, 0.15) is 12.5 Å². The number of carbonyl (C=O) groups excluding carboxylic acids is 1. The molecule has 2 heterocycles. The zero-order valence-corrected chi connectivity index (χ0v) is 15.6. The number of hydrogen-bond acceptors (Lipinski definition) is 7. The molecule has 9 nitrogen and oxygen atoms in total. The van der Waals surface area contributed by atoms with Crippen molar-refractivity contribution in [2.45, 2.75) is 24.1 Å². The van der Waals surface area contributed by atoms with Gasteiger partial charge in [-0.3, -0.25) is 4.79 Å². The fourth-order valence-corrected chi connectivity index (χ4v) is 4.49. The first-order valence-corrected chi connectivity index (χ1v) is 9.94. The van der Waals surface area contributed by atoms with Gasteiger partial charge in [0.2, 0.25) is 5.91 Å². The van der Waals surface area contributed by atoms with Crippen molar-refractivity contribution in [1.82, 2.24) is 24.9 Å². The van der Waals surface area contributed by atoms with Gasteiger partial charge in [-0.15, -0.1) is 16.4 Å². The van der Waals surface area contributed by atoms with Crippen molar-refractivity contribution in [1.29, 1.82) is 0 Å². The molecule has 136 valence electrons. The van der Waals surface area contributed by atoms with E-state index < -0.39 is 22.0 Å². The van der Waals surface area contributed by atoms with Crippen molar-refractivity contribution in [3.8, 4) is 5.69 Å². The smallest absolute Gasteiger partial charge is 0.250 e. The Balaban J connectivity index is 1.69. The van der Waals surface area contributed by atoms with Crippen LogP contribution in [0.3, 0.4) is 0 Å². The van der Waals surface area contributed by atoms with E-state index in [4.69, 9.17) is 0 Å². The monoisotopic (exact) mass is 392 g/mol. The van der Waals surface area contributed by atoms with Gasteiger partial charge in [0.05, 0.1) is 11.7 Å². The minimum absolute atomic E-state index is 0.166. The van der Waals surface area contributed by atoms with Crippen LogP contribution >= 0.6 is 11.3 Å². The van der Waals surface area contributed by atoms with Gasteiger partial charge in [-0.1, -0.05) is 6.07 Å². The lowest BCUT2D eigenvalue weighted by atomic mass is 10.1. The third kappa shape index (κ3) is 3.95. The fraction of sp³-hybridized carbons (Fsp3) is 0.200. The van der Waals surface area contributed by atoms with Gasteiger partial charge in [0.1, 0.15) is 10.5 Å². The van der Waals surface area contributed by atoms with Crippen molar-refractivity contribution in [2.24, 2.45) is 0 Å². The highest BCUT2D eigenvalue weighted by atomic mass is 32.2. The van der Waals surface area contributed by atoms with Gasteiger partial charge in [0.25, 0.3) is 10.0 Å². The number of hydrogen-bond donors (Lipinski definition) is 2. The van der Waals surface area contributed by atoms with Gasteiger partial charge < -0.3 is 5.32 Å². The Hall–Kier alpha value is -2.63. The summed E-state index contributed by atoms with van der Waals surface area (Å²) in [4.78, 5) is 12.3. The number of carbonyl (C=O) groups is 1. The molecule has 0 saturated carbocycles. The van der Waals surface area contributed by atoms with Gasteiger partial charge in [-0.25, -0.2) is 13.1 Å². The number of amides is 1. The van der Waals surface area contributed by atoms with Crippen molar-refractivity contribution in [2.75, 3.05) is 5.32 Å². The second-order valence-electron chi connectivity index (χ2n) is 5.52. The number of rotatable bonds is 6. The third-order valence-electron chi connectivity index (χ3n) is 3.55. The summed E-state index contributed by atoms with van der Waals surface area (Å²) >= 11 is 1.09. The summed E-state index contributed by atoms with van der Waals surface area (Å²) in [5.41, 5.74) is 2.17. The SMILES string of the molecule is Cc1cc(NC(=O)C(C)NS(=O)(=O)c2cccs2)ccc1-n1cnnn1. The Kier molecular flexibility index (Phi) is 5.11. The number of anilines is 1. The summed E-state index contributed by atoms with van der Waals surface area (Å²) in [7, 11) is -3.72. The average molecular weight is 392 g/mol. The minimum Gasteiger partial charge on any atom is -0.325 e. The van der Waals surface area contributed by atoms with E-state index in [1.807, 2.05) is 6.92 Å². The average Bonchev–Trinajstić information content (AvgIpc) is 3.28. The fourth-order valence-electron chi connectivity index (χ4n) is 2.27. The van der Waals surface area contributed by atoms with Crippen molar-refractivity contribution >= 4 is 33.0 Å². The largest absolute Gasteiger partial charge is 0.325 e. The molecule has 1 unspecified atom stereocenters. The summed E-state index contributed by atoms with van der Waals surface area (Å²) in [6, 6.07) is 7.42. The van der Waals surface area contributed by atoms with Crippen LogP contribution in [0.15, 0.2) is 46.2 Å². The molecule has 1 aromatic carbocycles. The first-order valence-electron chi connectivity index (χ1n) is 7.57. The molecular formula is C15H16N6O3S2. The maximum Gasteiger partial charge on any atom is 0.250 e. The molecule has 0 bridgehead atoms. The number of sulfonamides is 1. The molecule has 0 aliphatic heterocycles. The van der Waals surface area contributed by atoms with Crippen molar-refractivity contribution in [3.05, 3.63) is 47.6 Å². The van der Waals surface area contributed by atoms with Crippen LogP contribution in [-0.2, 0) is 14.8 Å². The van der Waals surface area contributed by atoms with Crippen LogP contribution in [0.25, 0.3) is 5.69 Å². The lowest BCUT2D eigenvalue weighted by molar-refractivity contribution is -0.117. The van der Waals surface area contributed by atoms with Crippen LogP contribution < -0.4 is 10.0 Å². The zero-order valence-electron chi connectivity index (χ0n) is 13.9. The minimum atomic E-state index is -3.72. The lowest BCUT2D eigenvalue weighted by Gasteiger charge is -2.14. The van der Waals surface area contributed by atoms with Gasteiger partial charge in [0, 0.05) is 5.69 Å². The third-order valence-corrected chi connectivity index (χ3v) is 6.48. The van der Waals surface area contributed by atoms with E-state index in [-0.39, 0.29) is 4.21 Å². The molecule has 1 amide bonds. The van der Waals surface area contributed by atoms with E-state index in [1.165, 1.54) is 24.0 Å². The van der Waals surface area contributed by atoms with E-state index in [0.717, 1.165) is 22.6 Å². The maximum atomic E-state index is 12.3. The number of nitrogens with zero attached hydrogens (tertiary/aromatic N) is 4. The van der Waals surface area contributed by atoms with E-state index in [0.29, 0.717) is 5.69 Å². The molecule has 3 rings (SSSR count). The highest BCUT2D eigenvalue weighted by Gasteiger charge is 2.23. The number of thiophene rings is 1. The van der Waals surface area contributed by atoms with Gasteiger partial charge in [-0.05, 0) is 59.5 Å². The van der Waals surface area contributed by atoms with E-state index in [9.17, 15) is 13.2 Å². The molecule has 0 aliphatic rings. The zero-order chi connectivity index (χ0) is 18.7. The van der Waals surface area contributed by atoms with E-state index >= 15 is 0 Å². The quantitative estimate of drug-likeness (QED) is 0.653. The lowest BCUT2D eigenvalue weighted by Crippen LogP contribution is -2.41. The molecule has 2 N–H and O–H groups in total. The predicted molar refractivity (Wildman–Crippen MR) is 96.6 cm³/mol. The second kappa shape index (κ2) is 7.32. The Bertz CT molecular complexity index is 1000. The van der Waals surface area contributed by atoms with E-state index in [1.54, 1.807) is 29.6 Å². The molecule has 0 radical (unpaired) electrons. The molecule has 1 atom stereocenters. The summed E-state index contributed by atoms with van der Waals surface area (Å²) in [6.45, 7) is 3.35. The van der Waals surface area contributed by atoms with Gasteiger partial charge >= 0.3 is 0 Å². The standard InChI is InChI=1S/C15H16N6O3S2/c1-10-8-12(5-6-13(10)21-9-16-19-20-21)17-15(22)11(2)18-26(23,24)14-4-3-7-25-14/h3-9,11,18H,1-2H3,(H,17,22). The van der Waals surface area contributed by atoms with Crippen molar-refractivity contribution < 1.29 is 13.2 Å². The Morgan fingerprint density at radius 2 is 2.12 bits per heavy atom. The Morgan fingerprint density at radius 1 is 1.31 bits per heavy atom. The number of benzene rings is 1. The molecule has 0 fully saturated rings. The summed E-state index contributed by atoms with van der Waals surface area (Å²) in [6.07, 6.45) is 1.47. The second-order valence-corrected chi connectivity index (χ2v) is 8.41. The van der Waals surface area contributed by atoms with Crippen LogP contribution in [-0.4, -0.2) is 40.6 Å². The molecule has 26 heavy (non-hydrogen) atoms. The molecule has 0 aliphatic carbocycles. The molecule has 11 heteroatoms. The van der Waals surface area contributed by atoms with Gasteiger partial charge in [0.15, 0.2) is 0 Å². The number of tetrazole rings is 1. The van der Waals surface area contributed by atoms with E-state index in [2.05, 4.69) is 25.6 Å². The Labute approximate surface area is 154 Å². The number of aryl methyl sites for hydroxylation is 1. The van der Waals surface area contributed by atoms with Crippen LogP contribution in [0, 0.1) is 6.92 Å². The van der Waals surface area contributed by atoms with Crippen LogP contribution in [0.4, 0.5) is 5.69 Å².